The van der Waals surface area contributed by atoms with Gasteiger partial charge in [-0.25, -0.2) is 4.68 Å². The number of nitrogens with one attached hydrogen (secondary N) is 2. The molecule has 4 rings (SSSR count). The molecule has 1 aliphatic rings. The van der Waals surface area contributed by atoms with E-state index in [2.05, 4.69) is 15.7 Å². The highest BCUT2D eigenvalue weighted by Crippen LogP contribution is 2.34. The van der Waals surface area contributed by atoms with Crippen molar-refractivity contribution in [3.63, 3.8) is 0 Å². The molecular formula is C19H15ClN4O2. The molecule has 0 fully saturated rings. The SMILES string of the molecule is O=C1CC(C(=O)Nc2ccc(Cl)cc2)n2ncc(-c3ccccc3)c2N1. The van der Waals surface area contributed by atoms with Gasteiger partial charge in [-0.2, -0.15) is 5.10 Å². The number of hydrogen-bond donors (Lipinski definition) is 2. The van der Waals surface area contributed by atoms with Crippen LogP contribution in [0.25, 0.3) is 11.1 Å². The standard InChI is InChI=1S/C19H15ClN4O2/c20-13-6-8-14(9-7-13)22-19(26)16-10-17(25)23-18-15(11-21-24(16)18)12-4-2-1-3-5-12/h1-9,11,16H,10H2,(H,22,26)(H,23,25). The van der Waals surface area contributed by atoms with E-state index in [1.807, 2.05) is 30.3 Å². The van der Waals surface area contributed by atoms with Crippen LogP contribution in [-0.2, 0) is 9.59 Å². The number of hydrogen-bond acceptors (Lipinski definition) is 3. The van der Waals surface area contributed by atoms with Gasteiger partial charge in [0.25, 0.3) is 0 Å². The molecule has 2 amide bonds. The van der Waals surface area contributed by atoms with Gasteiger partial charge in [0.15, 0.2) is 0 Å². The number of nitrogens with zero attached hydrogens (tertiary/aromatic N) is 2. The third-order valence-electron chi connectivity index (χ3n) is 4.23. The molecule has 2 aromatic carbocycles. The summed E-state index contributed by atoms with van der Waals surface area (Å²) >= 11 is 5.86. The van der Waals surface area contributed by atoms with Crippen LogP contribution in [0.1, 0.15) is 12.5 Å². The Balaban J connectivity index is 1.65. The van der Waals surface area contributed by atoms with E-state index in [9.17, 15) is 9.59 Å². The second kappa shape index (κ2) is 6.65. The molecule has 7 heteroatoms. The van der Waals surface area contributed by atoms with E-state index in [4.69, 9.17) is 11.6 Å². The molecule has 0 aliphatic carbocycles. The van der Waals surface area contributed by atoms with Gasteiger partial charge >= 0.3 is 0 Å². The normalized spacial score (nSPS) is 15.9. The lowest BCUT2D eigenvalue weighted by Gasteiger charge is -2.24. The van der Waals surface area contributed by atoms with E-state index in [1.54, 1.807) is 35.1 Å². The maximum atomic E-state index is 12.7. The van der Waals surface area contributed by atoms with Gasteiger partial charge in [0.05, 0.1) is 12.6 Å². The van der Waals surface area contributed by atoms with Gasteiger partial charge in [-0.1, -0.05) is 41.9 Å². The molecule has 1 aliphatic heterocycles. The lowest BCUT2D eigenvalue weighted by atomic mass is 10.1. The molecule has 2 N–H and O–H groups in total. The van der Waals surface area contributed by atoms with Gasteiger partial charge in [-0.3, -0.25) is 9.59 Å². The zero-order chi connectivity index (χ0) is 18.1. The summed E-state index contributed by atoms with van der Waals surface area (Å²) < 4.78 is 1.56. The van der Waals surface area contributed by atoms with Gasteiger partial charge < -0.3 is 10.6 Å². The predicted octanol–water partition coefficient (Wildman–Crippen LogP) is 3.73. The molecule has 0 bridgehead atoms. The van der Waals surface area contributed by atoms with Crippen LogP contribution in [-0.4, -0.2) is 21.6 Å². The zero-order valence-corrected chi connectivity index (χ0v) is 14.4. The van der Waals surface area contributed by atoms with Crippen molar-refractivity contribution in [2.45, 2.75) is 12.5 Å². The Morgan fingerprint density at radius 2 is 1.88 bits per heavy atom. The highest BCUT2D eigenvalue weighted by atomic mass is 35.5. The summed E-state index contributed by atoms with van der Waals surface area (Å²) in [5.74, 6) is 0.0151. The van der Waals surface area contributed by atoms with E-state index in [-0.39, 0.29) is 18.2 Å². The third-order valence-corrected chi connectivity index (χ3v) is 4.48. The van der Waals surface area contributed by atoms with Gasteiger partial charge in [-0.15, -0.1) is 0 Å². The summed E-state index contributed by atoms with van der Waals surface area (Å²) in [6.45, 7) is 0. The Morgan fingerprint density at radius 3 is 2.62 bits per heavy atom. The highest BCUT2D eigenvalue weighted by Gasteiger charge is 2.33. The van der Waals surface area contributed by atoms with Crippen LogP contribution in [0.5, 0.6) is 0 Å². The number of benzene rings is 2. The van der Waals surface area contributed by atoms with Crippen molar-refractivity contribution in [1.29, 1.82) is 0 Å². The fourth-order valence-corrected chi connectivity index (χ4v) is 3.09. The van der Waals surface area contributed by atoms with E-state index >= 15 is 0 Å². The van der Waals surface area contributed by atoms with Crippen molar-refractivity contribution in [3.05, 3.63) is 65.8 Å². The van der Waals surface area contributed by atoms with Crippen molar-refractivity contribution >= 4 is 34.9 Å². The summed E-state index contributed by atoms with van der Waals surface area (Å²) in [5.41, 5.74) is 2.32. The van der Waals surface area contributed by atoms with E-state index < -0.39 is 6.04 Å². The molecule has 1 unspecified atom stereocenters. The Morgan fingerprint density at radius 1 is 1.15 bits per heavy atom. The molecule has 0 radical (unpaired) electrons. The van der Waals surface area contributed by atoms with Crippen LogP contribution in [0, 0.1) is 0 Å². The average Bonchev–Trinajstić information content (AvgIpc) is 3.07. The summed E-state index contributed by atoms with van der Waals surface area (Å²) in [6.07, 6.45) is 1.70. The number of fused-ring (bicyclic) bond motifs is 1. The van der Waals surface area contributed by atoms with Crippen molar-refractivity contribution in [1.82, 2.24) is 9.78 Å². The first-order valence-corrected chi connectivity index (χ1v) is 8.49. The highest BCUT2D eigenvalue weighted by molar-refractivity contribution is 6.30. The molecule has 6 nitrogen and oxygen atoms in total. The van der Waals surface area contributed by atoms with Gasteiger partial charge in [0, 0.05) is 16.3 Å². The van der Waals surface area contributed by atoms with Crippen LogP contribution in [0.15, 0.2) is 60.8 Å². The third kappa shape index (κ3) is 3.07. The minimum Gasteiger partial charge on any atom is -0.324 e. The second-order valence-electron chi connectivity index (χ2n) is 5.98. The first-order chi connectivity index (χ1) is 12.6. The van der Waals surface area contributed by atoms with Crippen LogP contribution in [0.2, 0.25) is 5.02 Å². The van der Waals surface area contributed by atoms with Crippen LogP contribution >= 0.6 is 11.6 Å². The molecule has 3 aromatic rings. The lowest BCUT2D eigenvalue weighted by molar-refractivity contribution is -0.125. The molecule has 1 atom stereocenters. The van der Waals surface area contributed by atoms with Crippen LogP contribution in [0.4, 0.5) is 11.5 Å². The number of carbonyl (C=O) groups excluding carboxylic acids is 2. The van der Waals surface area contributed by atoms with Gasteiger partial charge in [0.2, 0.25) is 11.8 Å². The minimum absolute atomic E-state index is 0.0301. The Kier molecular flexibility index (Phi) is 4.18. The number of aromatic nitrogens is 2. The quantitative estimate of drug-likeness (QED) is 0.741. The molecule has 0 spiro atoms. The molecule has 130 valence electrons. The maximum Gasteiger partial charge on any atom is 0.249 e. The molecular weight excluding hydrogens is 352 g/mol. The van der Waals surface area contributed by atoms with Crippen molar-refractivity contribution < 1.29 is 9.59 Å². The van der Waals surface area contributed by atoms with Crippen molar-refractivity contribution in [3.8, 4) is 11.1 Å². The van der Waals surface area contributed by atoms with Gasteiger partial charge in [-0.05, 0) is 29.8 Å². The molecule has 0 saturated carbocycles. The summed E-state index contributed by atoms with van der Waals surface area (Å²) in [4.78, 5) is 24.9. The monoisotopic (exact) mass is 366 g/mol. The average molecular weight is 367 g/mol. The Hall–Kier alpha value is -3.12. The van der Waals surface area contributed by atoms with Crippen LogP contribution in [0.3, 0.4) is 0 Å². The Bertz CT molecular complexity index is 967. The van der Waals surface area contributed by atoms with E-state index in [1.165, 1.54) is 0 Å². The molecule has 1 aromatic heterocycles. The van der Waals surface area contributed by atoms with Crippen molar-refractivity contribution in [2.75, 3.05) is 10.6 Å². The number of halogens is 1. The van der Waals surface area contributed by atoms with E-state index in [0.29, 0.717) is 16.5 Å². The second-order valence-corrected chi connectivity index (χ2v) is 6.42. The number of amides is 2. The van der Waals surface area contributed by atoms with Crippen molar-refractivity contribution in [2.24, 2.45) is 0 Å². The first kappa shape index (κ1) is 16.4. The van der Waals surface area contributed by atoms with Crippen LogP contribution < -0.4 is 10.6 Å². The summed E-state index contributed by atoms with van der Waals surface area (Å²) in [5, 5.41) is 10.6. The Labute approximate surface area is 154 Å². The summed E-state index contributed by atoms with van der Waals surface area (Å²) in [6, 6.07) is 15.7. The minimum atomic E-state index is -0.716. The molecule has 0 saturated heterocycles. The lowest BCUT2D eigenvalue weighted by Crippen LogP contribution is -2.35. The van der Waals surface area contributed by atoms with E-state index in [0.717, 1.165) is 11.1 Å². The zero-order valence-electron chi connectivity index (χ0n) is 13.6. The maximum absolute atomic E-state index is 12.7. The molecule has 2 heterocycles. The summed E-state index contributed by atoms with van der Waals surface area (Å²) in [7, 11) is 0. The smallest absolute Gasteiger partial charge is 0.249 e. The largest absolute Gasteiger partial charge is 0.324 e. The topological polar surface area (TPSA) is 76.0 Å². The number of carbonyl (C=O) groups is 2. The fraction of sp³-hybridized carbons (Fsp3) is 0.105. The first-order valence-electron chi connectivity index (χ1n) is 8.11. The predicted molar refractivity (Wildman–Crippen MR) is 100 cm³/mol. The number of rotatable bonds is 3. The molecule has 26 heavy (non-hydrogen) atoms. The fourth-order valence-electron chi connectivity index (χ4n) is 2.96. The number of anilines is 2. The van der Waals surface area contributed by atoms with Gasteiger partial charge in [0.1, 0.15) is 11.9 Å².